The summed E-state index contributed by atoms with van der Waals surface area (Å²) in [5, 5.41) is 2.89. The summed E-state index contributed by atoms with van der Waals surface area (Å²) >= 11 is 0. The number of hydrogen-bond acceptors (Lipinski definition) is 3. The fraction of sp³-hybridized carbons (Fsp3) is 0.200. The van der Waals surface area contributed by atoms with E-state index in [1.807, 2.05) is 84.6 Å². The number of ether oxygens (including phenoxy) is 1. The molecule has 0 saturated carbocycles. The van der Waals surface area contributed by atoms with Gasteiger partial charge in [-0.2, -0.15) is 0 Å². The molecule has 0 atom stereocenters. The Labute approximate surface area is 176 Å². The molecule has 0 aliphatic carbocycles. The molecule has 2 amide bonds. The molecule has 1 aliphatic heterocycles. The standard InChI is InChI=1S/C25H24N2O3/c1-18-6-5-9-23(14-18)30-17-24(28)26-22-11-10-19-12-13-27(16-21(19)15-22)25(29)20-7-3-2-4-8-20/h2-11,14-15H,12-13,16-17H2,1H3,(H,26,28). The van der Waals surface area contributed by atoms with Crippen molar-refractivity contribution < 1.29 is 14.3 Å². The molecule has 1 aliphatic rings. The fourth-order valence-electron chi connectivity index (χ4n) is 3.62. The van der Waals surface area contributed by atoms with Gasteiger partial charge in [-0.3, -0.25) is 9.59 Å². The molecular formula is C25H24N2O3. The van der Waals surface area contributed by atoms with Gasteiger partial charge in [0.2, 0.25) is 0 Å². The van der Waals surface area contributed by atoms with Crippen molar-refractivity contribution in [3.8, 4) is 5.75 Å². The Kier molecular flexibility index (Phi) is 5.80. The van der Waals surface area contributed by atoms with Crippen LogP contribution in [0, 0.1) is 6.92 Å². The van der Waals surface area contributed by atoms with Crippen molar-refractivity contribution in [3.63, 3.8) is 0 Å². The van der Waals surface area contributed by atoms with Gasteiger partial charge in [0.1, 0.15) is 5.75 Å². The van der Waals surface area contributed by atoms with Crippen molar-refractivity contribution in [3.05, 3.63) is 95.1 Å². The Hall–Kier alpha value is -3.60. The molecule has 152 valence electrons. The minimum atomic E-state index is -0.218. The summed E-state index contributed by atoms with van der Waals surface area (Å²) in [6.45, 7) is 3.15. The molecule has 5 nitrogen and oxygen atoms in total. The predicted octanol–water partition coefficient (Wildman–Crippen LogP) is 4.21. The third kappa shape index (κ3) is 4.69. The van der Waals surface area contributed by atoms with Crippen molar-refractivity contribution >= 4 is 17.5 Å². The van der Waals surface area contributed by atoms with Crippen LogP contribution < -0.4 is 10.1 Å². The number of nitrogens with one attached hydrogen (secondary N) is 1. The second-order valence-corrected chi connectivity index (χ2v) is 7.48. The molecule has 0 radical (unpaired) electrons. The monoisotopic (exact) mass is 400 g/mol. The number of carbonyl (C=O) groups is 2. The van der Waals surface area contributed by atoms with Crippen molar-refractivity contribution in [2.75, 3.05) is 18.5 Å². The van der Waals surface area contributed by atoms with Crippen LogP contribution in [-0.2, 0) is 17.8 Å². The van der Waals surface area contributed by atoms with Gasteiger partial charge in [-0.1, -0.05) is 36.4 Å². The Morgan fingerprint density at radius 1 is 0.967 bits per heavy atom. The van der Waals surface area contributed by atoms with Crippen LogP contribution in [0.25, 0.3) is 0 Å². The second-order valence-electron chi connectivity index (χ2n) is 7.48. The normalized spacial score (nSPS) is 12.8. The van der Waals surface area contributed by atoms with Crippen molar-refractivity contribution in [2.24, 2.45) is 0 Å². The first-order chi connectivity index (χ1) is 14.6. The quantitative estimate of drug-likeness (QED) is 0.698. The molecule has 0 saturated heterocycles. The van der Waals surface area contributed by atoms with Crippen LogP contribution in [0.15, 0.2) is 72.8 Å². The number of fused-ring (bicyclic) bond motifs is 1. The van der Waals surface area contributed by atoms with E-state index in [-0.39, 0.29) is 18.4 Å². The zero-order chi connectivity index (χ0) is 20.9. The van der Waals surface area contributed by atoms with E-state index in [0.717, 1.165) is 17.5 Å². The van der Waals surface area contributed by atoms with E-state index in [4.69, 9.17) is 4.74 Å². The van der Waals surface area contributed by atoms with E-state index >= 15 is 0 Å². The molecule has 0 bridgehead atoms. The number of benzene rings is 3. The van der Waals surface area contributed by atoms with Crippen LogP contribution in [0.3, 0.4) is 0 Å². The summed E-state index contributed by atoms with van der Waals surface area (Å²) in [5.74, 6) is 0.484. The van der Waals surface area contributed by atoms with E-state index in [1.54, 1.807) is 0 Å². The van der Waals surface area contributed by atoms with E-state index in [2.05, 4.69) is 5.32 Å². The fourth-order valence-corrected chi connectivity index (χ4v) is 3.62. The third-order valence-corrected chi connectivity index (χ3v) is 5.17. The Morgan fingerprint density at radius 2 is 1.80 bits per heavy atom. The summed E-state index contributed by atoms with van der Waals surface area (Å²) < 4.78 is 5.57. The first-order valence-corrected chi connectivity index (χ1v) is 10.0. The molecule has 0 unspecified atom stereocenters. The number of carbonyl (C=O) groups excluding carboxylic acids is 2. The summed E-state index contributed by atoms with van der Waals surface area (Å²) in [4.78, 5) is 26.9. The topological polar surface area (TPSA) is 58.6 Å². The van der Waals surface area contributed by atoms with Crippen LogP contribution in [0.2, 0.25) is 0 Å². The molecule has 0 aromatic heterocycles. The summed E-state index contributed by atoms with van der Waals surface area (Å²) in [6, 6.07) is 22.8. The van der Waals surface area contributed by atoms with Crippen LogP contribution in [0.5, 0.6) is 5.75 Å². The molecule has 1 heterocycles. The van der Waals surface area contributed by atoms with Gasteiger partial charge in [0, 0.05) is 24.3 Å². The first kappa shape index (κ1) is 19.7. The molecular weight excluding hydrogens is 376 g/mol. The molecule has 3 aromatic rings. The number of hydrogen-bond donors (Lipinski definition) is 1. The highest BCUT2D eigenvalue weighted by Crippen LogP contribution is 2.24. The Bertz CT molecular complexity index is 1060. The smallest absolute Gasteiger partial charge is 0.262 e. The zero-order valence-corrected chi connectivity index (χ0v) is 16.9. The van der Waals surface area contributed by atoms with Crippen LogP contribution in [0.4, 0.5) is 5.69 Å². The largest absolute Gasteiger partial charge is 0.484 e. The highest BCUT2D eigenvalue weighted by atomic mass is 16.5. The maximum atomic E-state index is 12.8. The average molecular weight is 400 g/mol. The van der Waals surface area contributed by atoms with Gasteiger partial charge in [0.05, 0.1) is 0 Å². The minimum Gasteiger partial charge on any atom is -0.484 e. The van der Waals surface area contributed by atoms with Crippen molar-refractivity contribution in [1.29, 1.82) is 0 Å². The van der Waals surface area contributed by atoms with Crippen LogP contribution >= 0.6 is 0 Å². The first-order valence-electron chi connectivity index (χ1n) is 10.0. The van der Waals surface area contributed by atoms with E-state index in [0.29, 0.717) is 30.1 Å². The maximum absolute atomic E-state index is 12.8. The van der Waals surface area contributed by atoms with Gasteiger partial charge >= 0.3 is 0 Å². The summed E-state index contributed by atoms with van der Waals surface area (Å²) in [5.41, 5.74) is 4.75. The lowest BCUT2D eigenvalue weighted by atomic mass is 9.98. The van der Waals surface area contributed by atoms with Crippen molar-refractivity contribution in [2.45, 2.75) is 19.9 Å². The van der Waals surface area contributed by atoms with Crippen LogP contribution in [0.1, 0.15) is 27.0 Å². The number of anilines is 1. The van der Waals surface area contributed by atoms with Gasteiger partial charge in [0.25, 0.3) is 11.8 Å². The molecule has 4 rings (SSSR count). The molecule has 30 heavy (non-hydrogen) atoms. The number of amides is 2. The van der Waals surface area contributed by atoms with Gasteiger partial charge in [-0.25, -0.2) is 0 Å². The second kappa shape index (κ2) is 8.82. The lowest BCUT2D eigenvalue weighted by molar-refractivity contribution is -0.118. The van der Waals surface area contributed by atoms with Gasteiger partial charge < -0.3 is 15.0 Å². The zero-order valence-electron chi connectivity index (χ0n) is 16.9. The maximum Gasteiger partial charge on any atom is 0.262 e. The Morgan fingerprint density at radius 3 is 2.60 bits per heavy atom. The number of rotatable bonds is 5. The predicted molar refractivity (Wildman–Crippen MR) is 117 cm³/mol. The SMILES string of the molecule is Cc1cccc(OCC(=O)Nc2ccc3c(c2)CN(C(=O)c2ccccc2)CC3)c1. The van der Waals surface area contributed by atoms with E-state index < -0.39 is 0 Å². The summed E-state index contributed by atoms with van der Waals surface area (Å²) in [6.07, 6.45) is 0.804. The highest BCUT2D eigenvalue weighted by Gasteiger charge is 2.22. The van der Waals surface area contributed by atoms with Crippen LogP contribution in [-0.4, -0.2) is 29.9 Å². The van der Waals surface area contributed by atoms with Gasteiger partial charge in [-0.05, 0) is 66.4 Å². The number of aryl methyl sites for hydroxylation is 1. The lowest BCUT2D eigenvalue weighted by Crippen LogP contribution is -2.36. The molecule has 0 fully saturated rings. The molecule has 5 heteroatoms. The third-order valence-electron chi connectivity index (χ3n) is 5.17. The molecule has 1 N–H and O–H groups in total. The molecule has 3 aromatic carbocycles. The minimum absolute atomic E-state index is 0.0299. The van der Waals surface area contributed by atoms with Gasteiger partial charge in [-0.15, -0.1) is 0 Å². The van der Waals surface area contributed by atoms with E-state index in [1.165, 1.54) is 5.56 Å². The van der Waals surface area contributed by atoms with Gasteiger partial charge in [0.15, 0.2) is 6.61 Å². The molecule has 0 spiro atoms. The van der Waals surface area contributed by atoms with Crippen molar-refractivity contribution in [1.82, 2.24) is 4.90 Å². The average Bonchev–Trinajstić information content (AvgIpc) is 2.77. The highest BCUT2D eigenvalue weighted by molar-refractivity contribution is 5.94. The van der Waals surface area contributed by atoms with E-state index in [9.17, 15) is 9.59 Å². The number of nitrogens with zero attached hydrogens (tertiary/aromatic N) is 1. The lowest BCUT2D eigenvalue weighted by Gasteiger charge is -2.29. The summed E-state index contributed by atoms with van der Waals surface area (Å²) in [7, 11) is 0. The Balaban J connectivity index is 1.39.